The molecule has 0 amide bonds. The zero-order valence-electron chi connectivity index (χ0n) is 10.5. The van der Waals surface area contributed by atoms with Gasteiger partial charge in [-0.2, -0.15) is 0 Å². The van der Waals surface area contributed by atoms with Gasteiger partial charge in [-0.3, -0.25) is 0 Å². The van der Waals surface area contributed by atoms with Crippen LogP contribution in [0.25, 0.3) is 0 Å². The lowest BCUT2D eigenvalue weighted by Gasteiger charge is -2.21. The number of halogens is 2. The molecular weight excluding hydrogens is 243 g/mol. The molecule has 1 rings (SSSR count). The van der Waals surface area contributed by atoms with Crippen molar-refractivity contribution in [2.75, 3.05) is 26.2 Å². The maximum absolute atomic E-state index is 3.57. The maximum Gasteiger partial charge on any atom is -0.00205 e. The highest BCUT2D eigenvalue weighted by Gasteiger charge is 2.11. The molecule has 1 aliphatic carbocycles. The first kappa shape index (κ1) is 18.9. The minimum atomic E-state index is 0. The molecule has 0 spiro atoms. The van der Waals surface area contributed by atoms with Crippen LogP contribution < -0.4 is 10.6 Å². The highest BCUT2D eigenvalue weighted by atomic mass is 35.5. The van der Waals surface area contributed by atoms with Crippen molar-refractivity contribution in [3.8, 4) is 0 Å². The largest absolute Gasteiger partial charge is 0.317 e. The first-order chi connectivity index (χ1) is 6.93. The molecule has 0 saturated heterocycles. The van der Waals surface area contributed by atoms with Crippen LogP contribution in [0.1, 0.15) is 45.4 Å². The van der Waals surface area contributed by atoms with Crippen LogP contribution >= 0.6 is 24.8 Å². The number of nitrogens with one attached hydrogen (secondary N) is 2. The summed E-state index contributed by atoms with van der Waals surface area (Å²) in [7, 11) is 0. The summed E-state index contributed by atoms with van der Waals surface area (Å²) >= 11 is 0. The number of hydrogen-bond acceptors (Lipinski definition) is 2. The van der Waals surface area contributed by atoms with Gasteiger partial charge in [0.15, 0.2) is 0 Å². The van der Waals surface area contributed by atoms with Crippen LogP contribution in [0.3, 0.4) is 0 Å². The highest BCUT2D eigenvalue weighted by molar-refractivity contribution is 5.85. The van der Waals surface area contributed by atoms with Crippen LogP contribution in [0.5, 0.6) is 0 Å². The summed E-state index contributed by atoms with van der Waals surface area (Å²) in [5.41, 5.74) is 0. The Hall–Kier alpha value is 0.500. The lowest BCUT2D eigenvalue weighted by Crippen LogP contribution is -2.27. The molecule has 0 atom stereocenters. The molecule has 100 valence electrons. The maximum atomic E-state index is 3.57. The Labute approximate surface area is 113 Å². The molecule has 0 heterocycles. The van der Waals surface area contributed by atoms with Crippen LogP contribution in [-0.4, -0.2) is 26.2 Å². The summed E-state index contributed by atoms with van der Waals surface area (Å²) in [5, 5.41) is 6.92. The van der Waals surface area contributed by atoms with Gasteiger partial charge in [-0.15, -0.1) is 24.8 Å². The van der Waals surface area contributed by atoms with E-state index in [0.717, 1.165) is 19.0 Å². The lowest BCUT2D eigenvalue weighted by molar-refractivity contribution is 0.342. The number of hydrogen-bond donors (Lipinski definition) is 2. The molecule has 16 heavy (non-hydrogen) atoms. The Morgan fingerprint density at radius 1 is 0.938 bits per heavy atom. The fourth-order valence-electron chi connectivity index (χ4n) is 2.21. The normalized spacial score (nSPS) is 16.3. The van der Waals surface area contributed by atoms with Crippen molar-refractivity contribution in [1.29, 1.82) is 0 Å². The van der Waals surface area contributed by atoms with E-state index in [-0.39, 0.29) is 24.8 Å². The third-order valence-corrected chi connectivity index (χ3v) is 3.11. The highest BCUT2D eigenvalue weighted by Crippen LogP contribution is 2.22. The Morgan fingerprint density at radius 3 is 2.19 bits per heavy atom. The van der Waals surface area contributed by atoms with Crippen LogP contribution in [0.4, 0.5) is 0 Å². The SMILES string of the molecule is CCNCCCNCC1CCCCC1.Cl.Cl. The second-order valence-corrected chi connectivity index (χ2v) is 4.42. The zero-order chi connectivity index (χ0) is 10.1. The van der Waals surface area contributed by atoms with E-state index in [2.05, 4.69) is 17.6 Å². The Balaban J connectivity index is 0. The molecule has 0 unspecified atom stereocenters. The quantitative estimate of drug-likeness (QED) is 0.696. The van der Waals surface area contributed by atoms with Crippen LogP contribution in [0.15, 0.2) is 0 Å². The molecule has 0 bridgehead atoms. The summed E-state index contributed by atoms with van der Waals surface area (Å²) in [6.07, 6.45) is 8.57. The molecule has 2 N–H and O–H groups in total. The summed E-state index contributed by atoms with van der Waals surface area (Å²) in [6.45, 7) is 6.86. The standard InChI is InChI=1S/C12H26N2.2ClH/c1-2-13-9-6-10-14-11-12-7-4-3-5-8-12;;/h12-14H,2-11H2,1H3;2*1H. The first-order valence-corrected chi connectivity index (χ1v) is 6.35. The lowest BCUT2D eigenvalue weighted by atomic mass is 9.89. The van der Waals surface area contributed by atoms with Gasteiger partial charge in [0.2, 0.25) is 0 Å². The molecule has 0 radical (unpaired) electrons. The molecular formula is C12H28Cl2N2. The first-order valence-electron chi connectivity index (χ1n) is 6.35. The molecule has 1 fully saturated rings. The van der Waals surface area contributed by atoms with Gasteiger partial charge in [-0.05, 0) is 51.4 Å². The van der Waals surface area contributed by atoms with Gasteiger partial charge in [-0.25, -0.2) is 0 Å². The minimum Gasteiger partial charge on any atom is -0.317 e. The van der Waals surface area contributed by atoms with Crippen molar-refractivity contribution in [3.63, 3.8) is 0 Å². The molecule has 0 aromatic carbocycles. The third-order valence-electron chi connectivity index (χ3n) is 3.11. The molecule has 0 aliphatic heterocycles. The summed E-state index contributed by atoms with van der Waals surface area (Å²) in [4.78, 5) is 0. The predicted molar refractivity (Wildman–Crippen MR) is 77.1 cm³/mol. The van der Waals surface area contributed by atoms with E-state index in [9.17, 15) is 0 Å². The predicted octanol–water partition coefficient (Wildman–Crippen LogP) is 3.00. The molecule has 1 saturated carbocycles. The molecule has 2 nitrogen and oxygen atoms in total. The molecule has 0 aromatic heterocycles. The smallest absolute Gasteiger partial charge is 0.00205 e. The van der Waals surface area contributed by atoms with E-state index in [1.54, 1.807) is 0 Å². The van der Waals surface area contributed by atoms with Crippen molar-refractivity contribution in [2.24, 2.45) is 5.92 Å². The van der Waals surface area contributed by atoms with Gasteiger partial charge >= 0.3 is 0 Å². The van der Waals surface area contributed by atoms with Crippen molar-refractivity contribution in [1.82, 2.24) is 10.6 Å². The van der Waals surface area contributed by atoms with E-state index in [1.807, 2.05) is 0 Å². The topological polar surface area (TPSA) is 24.1 Å². The average molecular weight is 271 g/mol. The summed E-state index contributed by atoms with van der Waals surface area (Å²) < 4.78 is 0. The van der Waals surface area contributed by atoms with Crippen molar-refractivity contribution in [3.05, 3.63) is 0 Å². The Bertz CT molecular complexity index is 128. The van der Waals surface area contributed by atoms with Crippen LogP contribution in [0.2, 0.25) is 0 Å². The zero-order valence-corrected chi connectivity index (χ0v) is 12.1. The van der Waals surface area contributed by atoms with Gasteiger partial charge in [0.25, 0.3) is 0 Å². The minimum absolute atomic E-state index is 0. The van der Waals surface area contributed by atoms with Crippen LogP contribution in [0, 0.1) is 5.92 Å². The summed E-state index contributed by atoms with van der Waals surface area (Å²) in [6, 6.07) is 0. The van der Waals surface area contributed by atoms with E-state index in [4.69, 9.17) is 0 Å². The number of rotatable bonds is 7. The van der Waals surface area contributed by atoms with Crippen LogP contribution in [-0.2, 0) is 0 Å². The van der Waals surface area contributed by atoms with Gasteiger partial charge in [-0.1, -0.05) is 26.2 Å². The second kappa shape index (κ2) is 13.6. The fourth-order valence-corrected chi connectivity index (χ4v) is 2.21. The van der Waals surface area contributed by atoms with E-state index in [1.165, 1.54) is 51.6 Å². The molecule has 1 aliphatic rings. The van der Waals surface area contributed by atoms with Crippen molar-refractivity contribution >= 4 is 24.8 Å². The van der Waals surface area contributed by atoms with E-state index >= 15 is 0 Å². The summed E-state index contributed by atoms with van der Waals surface area (Å²) in [5.74, 6) is 0.975. The van der Waals surface area contributed by atoms with Gasteiger partial charge in [0.05, 0.1) is 0 Å². The second-order valence-electron chi connectivity index (χ2n) is 4.42. The fraction of sp³-hybridized carbons (Fsp3) is 1.00. The molecule has 0 aromatic rings. The third kappa shape index (κ3) is 9.71. The van der Waals surface area contributed by atoms with E-state index in [0.29, 0.717) is 0 Å². The molecule has 4 heteroatoms. The van der Waals surface area contributed by atoms with Crippen molar-refractivity contribution < 1.29 is 0 Å². The van der Waals surface area contributed by atoms with Gasteiger partial charge in [0, 0.05) is 0 Å². The van der Waals surface area contributed by atoms with Gasteiger partial charge < -0.3 is 10.6 Å². The van der Waals surface area contributed by atoms with Crippen molar-refractivity contribution in [2.45, 2.75) is 45.4 Å². The van der Waals surface area contributed by atoms with E-state index < -0.39 is 0 Å². The Morgan fingerprint density at radius 2 is 1.56 bits per heavy atom. The average Bonchev–Trinajstić information content (AvgIpc) is 2.25. The Kier molecular flexibility index (Phi) is 16.0. The monoisotopic (exact) mass is 270 g/mol. The van der Waals surface area contributed by atoms with Gasteiger partial charge in [0.1, 0.15) is 0 Å².